The van der Waals surface area contributed by atoms with Gasteiger partial charge in [-0.3, -0.25) is 13.9 Å². The van der Waals surface area contributed by atoms with E-state index >= 15 is 0 Å². The number of para-hydroxylation sites is 1. The highest BCUT2D eigenvalue weighted by Gasteiger charge is 2.33. The van der Waals surface area contributed by atoms with Crippen molar-refractivity contribution in [3.8, 4) is 0 Å². The normalized spacial score (nSPS) is 14.9. The average molecular weight is 449 g/mol. The quantitative estimate of drug-likeness (QED) is 0.635. The maximum Gasteiger partial charge on any atom is 0.308 e. The van der Waals surface area contributed by atoms with E-state index in [1.807, 2.05) is 6.92 Å². The van der Waals surface area contributed by atoms with Gasteiger partial charge in [0.25, 0.3) is 10.0 Å². The first-order valence-electron chi connectivity index (χ1n) is 9.93. The van der Waals surface area contributed by atoms with Crippen LogP contribution in [0.25, 0.3) is 0 Å². The van der Waals surface area contributed by atoms with Gasteiger partial charge in [-0.25, -0.2) is 12.8 Å². The number of ether oxygens (including phenoxy) is 1. The van der Waals surface area contributed by atoms with E-state index in [2.05, 4.69) is 0 Å². The van der Waals surface area contributed by atoms with Crippen LogP contribution in [0.15, 0.2) is 53.4 Å². The molecule has 1 saturated heterocycles. The van der Waals surface area contributed by atoms with Gasteiger partial charge in [0.15, 0.2) is 0 Å². The fourth-order valence-corrected chi connectivity index (χ4v) is 4.97. The monoisotopic (exact) mass is 448 g/mol. The van der Waals surface area contributed by atoms with Crippen molar-refractivity contribution >= 4 is 27.6 Å². The van der Waals surface area contributed by atoms with Crippen LogP contribution in [-0.2, 0) is 24.3 Å². The fourth-order valence-electron chi connectivity index (χ4n) is 3.55. The smallest absolute Gasteiger partial charge is 0.308 e. The van der Waals surface area contributed by atoms with Crippen LogP contribution < -0.4 is 4.31 Å². The molecule has 9 heteroatoms. The van der Waals surface area contributed by atoms with Gasteiger partial charge in [-0.2, -0.15) is 0 Å². The lowest BCUT2D eigenvalue weighted by molar-refractivity contribution is -0.148. The standard InChI is InChI=1S/C22H25FN2O5S/c1-16-7-9-18(10-8-16)31(28,29)25(20-6-4-3-5-19(20)23)15-21(26)24-13-11-17(12-14-24)22(27)30-2/h3-10,17H,11-15H2,1-2H3. The summed E-state index contributed by atoms with van der Waals surface area (Å²) < 4.78 is 46.7. The molecule has 0 aliphatic carbocycles. The number of anilines is 1. The Kier molecular flexibility index (Phi) is 6.94. The van der Waals surface area contributed by atoms with E-state index in [9.17, 15) is 22.4 Å². The summed E-state index contributed by atoms with van der Waals surface area (Å²) in [5.74, 6) is -1.80. The van der Waals surface area contributed by atoms with Crippen molar-refractivity contribution in [2.24, 2.45) is 5.92 Å². The van der Waals surface area contributed by atoms with E-state index in [1.165, 1.54) is 42.3 Å². The first kappa shape index (κ1) is 22.7. The molecular formula is C22H25FN2O5S. The molecule has 0 atom stereocenters. The van der Waals surface area contributed by atoms with E-state index in [0.29, 0.717) is 25.9 Å². The van der Waals surface area contributed by atoms with Crippen LogP contribution >= 0.6 is 0 Å². The summed E-state index contributed by atoms with van der Waals surface area (Å²) >= 11 is 0. The van der Waals surface area contributed by atoms with Crippen LogP contribution in [-0.4, -0.2) is 51.9 Å². The molecule has 0 aromatic heterocycles. The molecular weight excluding hydrogens is 423 g/mol. The molecule has 0 N–H and O–H groups in total. The number of likely N-dealkylation sites (tertiary alicyclic amines) is 1. The summed E-state index contributed by atoms with van der Waals surface area (Å²) in [5.41, 5.74) is 0.682. The zero-order chi connectivity index (χ0) is 22.6. The second kappa shape index (κ2) is 9.47. The Morgan fingerprint density at radius 1 is 1.10 bits per heavy atom. The summed E-state index contributed by atoms with van der Waals surface area (Å²) in [4.78, 5) is 26.1. The Labute approximate surface area is 181 Å². The number of carbonyl (C=O) groups excluding carboxylic acids is 2. The number of carbonyl (C=O) groups is 2. The number of hydrogen-bond donors (Lipinski definition) is 0. The molecule has 1 aliphatic heterocycles. The van der Waals surface area contributed by atoms with Gasteiger partial charge in [0.2, 0.25) is 5.91 Å². The zero-order valence-corrected chi connectivity index (χ0v) is 18.3. The van der Waals surface area contributed by atoms with Crippen LogP contribution in [0.4, 0.5) is 10.1 Å². The number of esters is 1. The number of benzene rings is 2. The minimum Gasteiger partial charge on any atom is -0.469 e. The first-order valence-corrected chi connectivity index (χ1v) is 11.4. The van der Waals surface area contributed by atoms with Crippen molar-refractivity contribution < 1.29 is 27.1 Å². The molecule has 0 spiro atoms. The highest BCUT2D eigenvalue weighted by Crippen LogP contribution is 2.27. The Morgan fingerprint density at radius 2 is 1.71 bits per heavy atom. The summed E-state index contributed by atoms with van der Waals surface area (Å²) in [5, 5.41) is 0. The Balaban J connectivity index is 1.86. The molecule has 31 heavy (non-hydrogen) atoms. The first-order chi connectivity index (χ1) is 14.7. The van der Waals surface area contributed by atoms with Crippen molar-refractivity contribution in [2.75, 3.05) is 31.0 Å². The molecule has 2 aromatic carbocycles. The Bertz CT molecular complexity index is 1050. The molecule has 166 valence electrons. The fraction of sp³-hybridized carbons (Fsp3) is 0.364. The van der Waals surface area contributed by atoms with Gasteiger partial charge in [0.05, 0.1) is 23.6 Å². The molecule has 1 amide bonds. The van der Waals surface area contributed by atoms with Crippen LogP contribution in [0, 0.1) is 18.7 Å². The van der Waals surface area contributed by atoms with Gasteiger partial charge in [0.1, 0.15) is 12.4 Å². The number of aryl methyl sites for hydroxylation is 1. The number of hydrogen-bond acceptors (Lipinski definition) is 5. The van der Waals surface area contributed by atoms with E-state index in [4.69, 9.17) is 4.74 Å². The molecule has 1 aliphatic rings. The second-order valence-electron chi connectivity index (χ2n) is 7.45. The van der Waals surface area contributed by atoms with Crippen molar-refractivity contribution in [2.45, 2.75) is 24.7 Å². The molecule has 7 nitrogen and oxygen atoms in total. The molecule has 1 fully saturated rings. The lowest BCUT2D eigenvalue weighted by atomic mass is 9.97. The number of rotatable bonds is 6. The van der Waals surface area contributed by atoms with Gasteiger partial charge in [0, 0.05) is 13.1 Å². The van der Waals surface area contributed by atoms with Crippen LogP contribution in [0.5, 0.6) is 0 Å². The minimum atomic E-state index is -4.18. The Hall–Kier alpha value is -2.94. The number of piperidine rings is 1. The largest absolute Gasteiger partial charge is 0.469 e. The molecule has 0 saturated carbocycles. The van der Waals surface area contributed by atoms with Gasteiger partial charge in [-0.1, -0.05) is 29.8 Å². The molecule has 0 radical (unpaired) electrons. The van der Waals surface area contributed by atoms with Crippen LogP contribution in [0.2, 0.25) is 0 Å². The number of sulfonamides is 1. The predicted octanol–water partition coefficient (Wildman–Crippen LogP) is 2.74. The number of nitrogens with zero attached hydrogens (tertiary/aromatic N) is 2. The number of methoxy groups -OCH3 is 1. The Morgan fingerprint density at radius 3 is 2.29 bits per heavy atom. The summed E-state index contributed by atoms with van der Waals surface area (Å²) in [7, 11) is -2.86. The molecule has 2 aromatic rings. The third kappa shape index (κ3) is 5.04. The second-order valence-corrected chi connectivity index (χ2v) is 9.32. The van der Waals surface area contributed by atoms with E-state index in [-0.39, 0.29) is 22.5 Å². The topological polar surface area (TPSA) is 84.0 Å². The highest BCUT2D eigenvalue weighted by atomic mass is 32.2. The number of amides is 1. The summed E-state index contributed by atoms with van der Waals surface area (Å²) in [6.45, 7) is 1.88. The minimum absolute atomic E-state index is 0.0291. The van der Waals surface area contributed by atoms with Gasteiger partial charge in [-0.05, 0) is 44.0 Å². The van der Waals surface area contributed by atoms with Crippen molar-refractivity contribution in [1.82, 2.24) is 4.90 Å². The van der Waals surface area contributed by atoms with Crippen LogP contribution in [0.3, 0.4) is 0 Å². The van der Waals surface area contributed by atoms with Crippen molar-refractivity contribution in [1.29, 1.82) is 0 Å². The summed E-state index contributed by atoms with van der Waals surface area (Å²) in [6.07, 6.45) is 0.867. The molecule has 0 bridgehead atoms. The zero-order valence-electron chi connectivity index (χ0n) is 17.5. The SMILES string of the molecule is COC(=O)C1CCN(C(=O)CN(c2ccccc2F)S(=O)(=O)c2ccc(C)cc2)CC1. The third-order valence-electron chi connectivity index (χ3n) is 5.39. The van der Waals surface area contributed by atoms with Gasteiger partial charge < -0.3 is 9.64 Å². The van der Waals surface area contributed by atoms with Gasteiger partial charge >= 0.3 is 5.97 Å². The molecule has 3 rings (SSSR count). The third-order valence-corrected chi connectivity index (χ3v) is 7.17. The average Bonchev–Trinajstić information content (AvgIpc) is 2.77. The van der Waals surface area contributed by atoms with Gasteiger partial charge in [-0.15, -0.1) is 0 Å². The van der Waals surface area contributed by atoms with Crippen LogP contribution in [0.1, 0.15) is 18.4 Å². The van der Waals surface area contributed by atoms with E-state index in [0.717, 1.165) is 15.9 Å². The van der Waals surface area contributed by atoms with E-state index in [1.54, 1.807) is 12.1 Å². The maximum absolute atomic E-state index is 14.5. The lowest BCUT2D eigenvalue weighted by Crippen LogP contribution is -2.47. The molecule has 0 unspecified atom stereocenters. The van der Waals surface area contributed by atoms with Crippen molar-refractivity contribution in [3.05, 3.63) is 59.9 Å². The van der Waals surface area contributed by atoms with E-state index < -0.39 is 28.3 Å². The maximum atomic E-state index is 14.5. The summed E-state index contributed by atoms with van der Waals surface area (Å²) in [6, 6.07) is 11.6. The predicted molar refractivity (Wildman–Crippen MR) is 113 cm³/mol. The highest BCUT2D eigenvalue weighted by molar-refractivity contribution is 7.92. The number of halogens is 1. The van der Waals surface area contributed by atoms with Crippen molar-refractivity contribution in [3.63, 3.8) is 0 Å². The molecule has 1 heterocycles. The lowest BCUT2D eigenvalue weighted by Gasteiger charge is -2.33.